The van der Waals surface area contributed by atoms with Gasteiger partial charge in [0.1, 0.15) is 16.9 Å². The lowest BCUT2D eigenvalue weighted by Gasteiger charge is -2.24. The number of para-hydroxylation sites is 2. The van der Waals surface area contributed by atoms with Crippen LogP contribution in [-0.4, -0.2) is 11.7 Å². The normalized spacial score (nSPS) is 16.9. The van der Waals surface area contributed by atoms with Crippen LogP contribution in [0.25, 0.3) is 0 Å². The molecule has 1 aliphatic heterocycles. The Hall–Kier alpha value is -2.72. The molecule has 0 aliphatic carbocycles. The summed E-state index contributed by atoms with van der Waals surface area (Å²) in [5.74, 6) is 2.25. The van der Waals surface area contributed by atoms with E-state index in [1.54, 1.807) is 11.8 Å². The summed E-state index contributed by atoms with van der Waals surface area (Å²) in [5.41, 5.74) is 2.03. The highest BCUT2D eigenvalue weighted by atomic mass is 32.2. The van der Waals surface area contributed by atoms with Crippen molar-refractivity contribution in [3.8, 4) is 11.5 Å². The van der Waals surface area contributed by atoms with E-state index >= 15 is 0 Å². The molecule has 0 aromatic heterocycles. The molecule has 1 aliphatic rings. The zero-order chi connectivity index (χ0) is 17.1. The summed E-state index contributed by atoms with van der Waals surface area (Å²) in [5, 5.41) is 0.000625. The predicted molar refractivity (Wildman–Crippen MR) is 102 cm³/mol. The number of benzene rings is 3. The molecule has 0 N–H and O–H groups in total. The lowest BCUT2D eigenvalue weighted by atomic mass is 10.2. The first kappa shape index (κ1) is 15.8. The maximum atomic E-state index is 12.3. The number of carbonyl (C=O) groups is 1. The molecule has 3 aromatic carbocycles. The van der Waals surface area contributed by atoms with Gasteiger partial charge in [0.15, 0.2) is 0 Å². The number of hydrogen-bond acceptors (Lipinski definition) is 3. The molecule has 124 valence electrons. The smallest absolute Gasteiger partial charge is 0.238 e. The van der Waals surface area contributed by atoms with Crippen LogP contribution in [0.3, 0.4) is 0 Å². The van der Waals surface area contributed by atoms with Gasteiger partial charge in [-0.2, -0.15) is 0 Å². The minimum atomic E-state index is 0.000625. The number of thioether (sulfide) groups is 1. The number of ether oxygens (including phenoxy) is 1. The van der Waals surface area contributed by atoms with Crippen molar-refractivity contribution >= 4 is 23.4 Å². The fourth-order valence-electron chi connectivity index (χ4n) is 2.86. The van der Waals surface area contributed by atoms with E-state index in [9.17, 15) is 4.79 Å². The second-order valence-corrected chi connectivity index (χ2v) is 6.82. The Labute approximate surface area is 151 Å². The Bertz CT molecular complexity index is 850. The van der Waals surface area contributed by atoms with Crippen molar-refractivity contribution in [3.05, 3.63) is 90.5 Å². The first-order valence-corrected chi connectivity index (χ1v) is 9.18. The number of amides is 1. The molecule has 1 unspecified atom stereocenters. The van der Waals surface area contributed by atoms with Crippen LogP contribution in [0.1, 0.15) is 10.9 Å². The third-order valence-electron chi connectivity index (χ3n) is 4.05. The zero-order valence-corrected chi connectivity index (χ0v) is 14.4. The van der Waals surface area contributed by atoms with Crippen molar-refractivity contribution in [2.45, 2.75) is 5.37 Å². The molecule has 3 aromatic rings. The molecule has 0 saturated carbocycles. The number of nitrogens with zero attached hydrogens (tertiary/aromatic N) is 1. The summed E-state index contributed by atoms with van der Waals surface area (Å²) in [6.45, 7) is 0. The predicted octanol–water partition coefficient (Wildman–Crippen LogP) is 5.26. The summed E-state index contributed by atoms with van der Waals surface area (Å²) >= 11 is 1.65. The van der Waals surface area contributed by atoms with E-state index in [0.717, 1.165) is 22.7 Å². The maximum Gasteiger partial charge on any atom is 0.238 e. The number of anilines is 1. The fourth-order valence-corrected chi connectivity index (χ4v) is 4.04. The van der Waals surface area contributed by atoms with Crippen LogP contribution >= 0.6 is 11.8 Å². The van der Waals surface area contributed by atoms with Crippen LogP contribution in [0.4, 0.5) is 5.69 Å². The van der Waals surface area contributed by atoms with Gasteiger partial charge in [0, 0.05) is 5.69 Å². The standard InChI is InChI=1S/C21H17NO2S/c23-20-15-25-21(22(20)17-7-3-1-4-8-17)16-11-13-19(14-12-16)24-18-9-5-2-6-10-18/h1-14,21H,15H2. The molecule has 3 nitrogen and oxygen atoms in total. The molecule has 1 amide bonds. The van der Waals surface area contributed by atoms with Crippen LogP contribution in [0.15, 0.2) is 84.9 Å². The van der Waals surface area contributed by atoms with E-state index in [-0.39, 0.29) is 11.3 Å². The summed E-state index contributed by atoms with van der Waals surface area (Å²) in [6.07, 6.45) is 0. The van der Waals surface area contributed by atoms with Crippen LogP contribution < -0.4 is 9.64 Å². The molecule has 0 bridgehead atoms. The van der Waals surface area contributed by atoms with Crippen LogP contribution in [0.2, 0.25) is 0 Å². The van der Waals surface area contributed by atoms with Crippen molar-refractivity contribution in [2.24, 2.45) is 0 Å². The average Bonchev–Trinajstić information content (AvgIpc) is 3.05. The molecular weight excluding hydrogens is 330 g/mol. The highest BCUT2D eigenvalue weighted by Gasteiger charge is 2.33. The molecule has 4 rings (SSSR count). The summed E-state index contributed by atoms with van der Waals surface area (Å²) in [7, 11) is 0. The van der Waals surface area contributed by atoms with Gasteiger partial charge in [-0.05, 0) is 42.0 Å². The zero-order valence-electron chi connectivity index (χ0n) is 13.5. The second kappa shape index (κ2) is 7.03. The van der Waals surface area contributed by atoms with Crippen molar-refractivity contribution in [2.75, 3.05) is 10.7 Å². The largest absolute Gasteiger partial charge is 0.457 e. The van der Waals surface area contributed by atoms with Crippen molar-refractivity contribution in [3.63, 3.8) is 0 Å². The number of carbonyl (C=O) groups excluding carboxylic acids is 1. The molecule has 1 atom stereocenters. The minimum Gasteiger partial charge on any atom is -0.457 e. The van der Waals surface area contributed by atoms with Crippen LogP contribution in [-0.2, 0) is 4.79 Å². The molecule has 1 heterocycles. The Kier molecular flexibility index (Phi) is 4.44. The van der Waals surface area contributed by atoms with Gasteiger partial charge in [-0.25, -0.2) is 0 Å². The monoisotopic (exact) mass is 347 g/mol. The van der Waals surface area contributed by atoms with E-state index in [1.807, 2.05) is 89.8 Å². The van der Waals surface area contributed by atoms with Gasteiger partial charge in [-0.15, -0.1) is 11.8 Å². The Balaban J connectivity index is 1.56. The average molecular weight is 347 g/mol. The summed E-state index contributed by atoms with van der Waals surface area (Å²) < 4.78 is 5.84. The molecular formula is C21H17NO2S. The highest BCUT2D eigenvalue weighted by molar-refractivity contribution is 8.00. The van der Waals surface area contributed by atoms with E-state index in [1.165, 1.54) is 0 Å². The maximum absolute atomic E-state index is 12.3. The molecule has 25 heavy (non-hydrogen) atoms. The third kappa shape index (κ3) is 3.39. The Morgan fingerprint density at radius 2 is 1.40 bits per heavy atom. The van der Waals surface area contributed by atoms with Gasteiger partial charge in [0.25, 0.3) is 0 Å². The fraction of sp³-hybridized carbons (Fsp3) is 0.0952. The lowest BCUT2D eigenvalue weighted by Crippen LogP contribution is -2.27. The van der Waals surface area contributed by atoms with Gasteiger partial charge >= 0.3 is 0 Å². The van der Waals surface area contributed by atoms with E-state index in [0.29, 0.717) is 5.75 Å². The van der Waals surface area contributed by atoms with E-state index < -0.39 is 0 Å². The van der Waals surface area contributed by atoms with Crippen LogP contribution in [0, 0.1) is 0 Å². The van der Waals surface area contributed by atoms with E-state index in [4.69, 9.17) is 4.74 Å². The lowest BCUT2D eigenvalue weighted by molar-refractivity contribution is -0.115. The number of hydrogen-bond donors (Lipinski definition) is 0. The van der Waals surface area contributed by atoms with Gasteiger partial charge in [0.05, 0.1) is 5.75 Å². The van der Waals surface area contributed by atoms with Crippen molar-refractivity contribution in [1.29, 1.82) is 0 Å². The molecule has 4 heteroatoms. The number of rotatable bonds is 4. The van der Waals surface area contributed by atoms with Gasteiger partial charge in [-0.1, -0.05) is 48.5 Å². The van der Waals surface area contributed by atoms with Gasteiger partial charge < -0.3 is 4.74 Å². The second-order valence-electron chi connectivity index (χ2n) is 5.75. The SMILES string of the molecule is O=C1CSC(c2ccc(Oc3ccccc3)cc2)N1c1ccccc1. The van der Waals surface area contributed by atoms with Crippen molar-refractivity contribution in [1.82, 2.24) is 0 Å². The first-order valence-electron chi connectivity index (χ1n) is 8.13. The topological polar surface area (TPSA) is 29.5 Å². The van der Waals surface area contributed by atoms with Gasteiger partial charge in [-0.3, -0.25) is 9.69 Å². The molecule has 0 spiro atoms. The minimum absolute atomic E-state index is 0.000625. The summed E-state index contributed by atoms with van der Waals surface area (Å²) in [6, 6.07) is 27.5. The third-order valence-corrected chi connectivity index (χ3v) is 5.26. The van der Waals surface area contributed by atoms with E-state index in [2.05, 4.69) is 0 Å². The first-order chi connectivity index (χ1) is 12.3. The Morgan fingerprint density at radius 1 is 0.800 bits per heavy atom. The molecule has 1 saturated heterocycles. The van der Waals surface area contributed by atoms with Gasteiger partial charge in [0.2, 0.25) is 5.91 Å². The molecule has 0 radical (unpaired) electrons. The quantitative estimate of drug-likeness (QED) is 0.645. The highest BCUT2D eigenvalue weighted by Crippen LogP contribution is 2.42. The van der Waals surface area contributed by atoms with Crippen molar-refractivity contribution < 1.29 is 9.53 Å². The summed E-state index contributed by atoms with van der Waals surface area (Å²) in [4.78, 5) is 14.2. The Morgan fingerprint density at radius 3 is 2.08 bits per heavy atom. The van der Waals surface area contributed by atoms with Crippen LogP contribution in [0.5, 0.6) is 11.5 Å². The molecule has 1 fully saturated rings.